The lowest BCUT2D eigenvalue weighted by atomic mass is 10.0. The molecule has 1 fully saturated rings. The highest BCUT2D eigenvalue weighted by atomic mass is 32.2. The van der Waals surface area contributed by atoms with Crippen LogP contribution < -0.4 is 4.74 Å². The molecule has 2 amide bonds. The van der Waals surface area contributed by atoms with E-state index in [0.29, 0.717) is 22.8 Å². The number of furan rings is 1. The Labute approximate surface area is 188 Å². The second-order valence-corrected chi connectivity index (χ2v) is 8.02. The van der Waals surface area contributed by atoms with Crippen molar-refractivity contribution in [3.05, 3.63) is 82.5 Å². The molecule has 0 radical (unpaired) electrons. The average molecular weight is 449 g/mol. The molecule has 0 saturated carbocycles. The molecule has 0 atom stereocenters. The fraction of sp³-hybridized carbons (Fsp3) is 0.125. The van der Waals surface area contributed by atoms with Crippen LogP contribution in [0.4, 0.5) is 4.79 Å². The maximum absolute atomic E-state index is 12.7. The lowest BCUT2D eigenvalue weighted by Gasteiger charge is -2.13. The summed E-state index contributed by atoms with van der Waals surface area (Å²) in [7, 11) is 0. The van der Waals surface area contributed by atoms with E-state index in [2.05, 4.69) is 0 Å². The van der Waals surface area contributed by atoms with Gasteiger partial charge in [-0.05, 0) is 60.6 Å². The van der Waals surface area contributed by atoms with Crippen LogP contribution in [0.25, 0.3) is 17.4 Å². The van der Waals surface area contributed by atoms with Crippen molar-refractivity contribution in [3.63, 3.8) is 0 Å². The summed E-state index contributed by atoms with van der Waals surface area (Å²) >= 11 is 0.843. The number of nitrogens with zero attached hydrogens (tertiary/aromatic N) is 1. The van der Waals surface area contributed by atoms with E-state index in [9.17, 15) is 19.5 Å². The van der Waals surface area contributed by atoms with E-state index < -0.39 is 11.9 Å². The Balaban J connectivity index is 1.46. The third-order valence-electron chi connectivity index (χ3n) is 4.85. The molecule has 0 aliphatic carbocycles. The zero-order valence-electron chi connectivity index (χ0n) is 17.1. The second kappa shape index (κ2) is 9.15. The quantitative estimate of drug-likeness (QED) is 0.503. The smallest absolute Gasteiger partial charge is 0.335 e. The van der Waals surface area contributed by atoms with Gasteiger partial charge >= 0.3 is 5.97 Å². The van der Waals surface area contributed by atoms with Crippen LogP contribution in [0.5, 0.6) is 5.75 Å². The highest BCUT2D eigenvalue weighted by molar-refractivity contribution is 8.18. The van der Waals surface area contributed by atoms with E-state index in [-0.39, 0.29) is 28.9 Å². The van der Waals surface area contributed by atoms with Crippen LogP contribution in [-0.2, 0) is 4.79 Å². The predicted molar refractivity (Wildman–Crippen MR) is 120 cm³/mol. The summed E-state index contributed by atoms with van der Waals surface area (Å²) in [6.07, 6.45) is 1.52. The van der Waals surface area contributed by atoms with Crippen LogP contribution in [0, 0.1) is 6.92 Å². The summed E-state index contributed by atoms with van der Waals surface area (Å²) in [6, 6.07) is 17.3. The van der Waals surface area contributed by atoms with Gasteiger partial charge in [-0.2, -0.15) is 0 Å². The van der Waals surface area contributed by atoms with Crippen molar-refractivity contribution in [1.82, 2.24) is 4.90 Å². The Hall–Kier alpha value is -3.78. The first-order valence-corrected chi connectivity index (χ1v) is 10.6. The Kier molecular flexibility index (Phi) is 6.13. The highest BCUT2D eigenvalue weighted by Crippen LogP contribution is 2.34. The van der Waals surface area contributed by atoms with Crippen molar-refractivity contribution < 1.29 is 28.6 Å². The molecule has 1 N–H and O–H groups in total. The molecule has 4 rings (SSSR count). The van der Waals surface area contributed by atoms with E-state index in [1.54, 1.807) is 36.4 Å². The monoisotopic (exact) mass is 449 g/mol. The molecule has 2 aromatic carbocycles. The number of amides is 2. The van der Waals surface area contributed by atoms with Crippen LogP contribution in [-0.4, -0.2) is 40.3 Å². The Morgan fingerprint density at radius 3 is 2.66 bits per heavy atom. The van der Waals surface area contributed by atoms with Gasteiger partial charge in [0.25, 0.3) is 11.1 Å². The molecule has 0 unspecified atom stereocenters. The number of thioether (sulfide) groups is 1. The highest BCUT2D eigenvalue weighted by Gasteiger charge is 2.35. The molecular formula is C24H19NO6S. The molecule has 1 aliphatic rings. The minimum atomic E-state index is -1.03. The molecule has 1 saturated heterocycles. The van der Waals surface area contributed by atoms with E-state index in [1.807, 2.05) is 25.1 Å². The number of carbonyl (C=O) groups is 3. The first-order valence-electron chi connectivity index (χ1n) is 9.80. The van der Waals surface area contributed by atoms with E-state index in [0.717, 1.165) is 22.2 Å². The molecular weight excluding hydrogens is 430 g/mol. The van der Waals surface area contributed by atoms with Crippen molar-refractivity contribution in [2.75, 3.05) is 13.2 Å². The number of rotatable bonds is 7. The number of aryl methyl sites for hydroxylation is 1. The number of carbonyl (C=O) groups excluding carboxylic acids is 2. The van der Waals surface area contributed by atoms with E-state index >= 15 is 0 Å². The fourth-order valence-electron chi connectivity index (χ4n) is 3.19. The van der Waals surface area contributed by atoms with Crippen molar-refractivity contribution in [2.24, 2.45) is 0 Å². The number of ether oxygens (including phenoxy) is 1. The average Bonchev–Trinajstić information content (AvgIpc) is 3.34. The van der Waals surface area contributed by atoms with Gasteiger partial charge in [0.2, 0.25) is 0 Å². The summed E-state index contributed by atoms with van der Waals surface area (Å²) < 4.78 is 11.4. The molecule has 1 aliphatic heterocycles. The topological polar surface area (TPSA) is 97.0 Å². The molecule has 32 heavy (non-hydrogen) atoms. The Morgan fingerprint density at radius 2 is 1.91 bits per heavy atom. The van der Waals surface area contributed by atoms with Crippen molar-refractivity contribution in [1.29, 1.82) is 0 Å². The molecule has 0 spiro atoms. The minimum Gasteiger partial charge on any atom is -0.492 e. The van der Waals surface area contributed by atoms with Gasteiger partial charge in [-0.3, -0.25) is 14.5 Å². The van der Waals surface area contributed by atoms with Gasteiger partial charge in [-0.1, -0.05) is 24.3 Å². The molecule has 2 heterocycles. The lowest BCUT2D eigenvalue weighted by molar-refractivity contribution is -0.123. The standard InChI is InChI=1S/C24H19NO6S/c1-15-7-8-16(23(27)28)13-19(15)20-10-9-18(31-20)14-21-22(26)25(24(29)32-21)11-12-30-17-5-3-2-4-6-17/h2-10,13-14H,11-12H2,1H3,(H,27,28)/b21-14-. The van der Waals surface area contributed by atoms with Gasteiger partial charge < -0.3 is 14.3 Å². The summed E-state index contributed by atoms with van der Waals surface area (Å²) in [6.45, 7) is 2.19. The van der Waals surface area contributed by atoms with Gasteiger partial charge in [0.15, 0.2) is 0 Å². The first-order chi connectivity index (χ1) is 15.4. The second-order valence-electron chi connectivity index (χ2n) is 7.03. The van der Waals surface area contributed by atoms with Crippen LogP contribution in [0.15, 0.2) is 70.0 Å². The molecule has 162 valence electrons. The number of hydrogen-bond acceptors (Lipinski definition) is 6. The molecule has 7 nitrogen and oxygen atoms in total. The van der Waals surface area contributed by atoms with Crippen molar-refractivity contribution >= 4 is 35.0 Å². The fourth-order valence-corrected chi connectivity index (χ4v) is 4.03. The predicted octanol–water partition coefficient (Wildman–Crippen LogP) is 5.07. The molecule has 0 bridgehead atoms. The number of imide groups is 1. The largest absolute Gasteiger partial charge is 0.492 e. The van der Waals surface area contributed by atoms with Crippen LogP contribution in [0.1, 0.15) is 21.7 Å². The minimum absolute atomic E-state index is 0.140. The van der Waals surface area contributed by atoms with Gasteiger partial charge in [-0.25, -0.2) is 4.79 Å². The van der Waals surface area contributed by atoms with Gasteiger partial charge in [0.1, 0.15) is 23.9 Å². The van der Waals surface area contributed by atoms with Gasteiger partial charge in [0, 0.05) is 11.6 Å². The molecule has 8 heteroatoms. The summed E-state index contributed by atoms with van der Waals surface area (Å²) in [5.41, 5.74) is 1.66. The summed E-state index contributed by atoms with van der Waals surface area (Å²) in [5.74, 6) is 0.112. The number of benzene rings is 2. The van der Waals surface area contributed by atoms with Gasteiger partial charge in [0.05, 0.1) is 17.0 Å². The SMILES string of the molecule is Cc1ccc(C(=O)O)cc1-c1ccc(/C=C2\SC(=O)N(CCOc3ccccc3)C2=O)o1. The van der Waals surface area contributed by atoms with E-state index in [4.69, 9.17) is 9.15 Å². The molecule has 1 aromatic heterocycles. The zero-order chi connectivity index (χ0) is 22.7. The first kappa shape index (κ1) is 21.5. The van der Waals surface area contributed by atoms with Gasteiger partial charge in [-0.15, -0.1) is 0 Å². The number of para-hydroxylation sites is 1. The maximum Gasteiger partial charge on any atom is 0.335 e. The van der Waals surface area contributed by atoms with Crippen LogP contribution >= 0.6 is 11.8 Å². The van der Waals surface area contributed by atoms with Crippen molar-refractivity contribution in [3.8, 4) is 17.1 Å². The molecule has 3 aromatic rings. The Bertz CT molecular complexity index is 1210. The third kappa shape index (κ3) is 4.60. The maximum atomic E-state index is 12.7. The number of carboxylic acid groups (broad SMARTS) is 1. The Morgan fingerprint density at radius 1 is 1.12 bits per heavy atom. The lowest BCUT2D eigenvalue weighted by Crippen LogP contribution is -2.32. The number of aromatic carboxylic acids is 1. The summed E-state index contributed by atoms with van der Waals surface area (Å²) in [4.78, 5) is 37.6. The van der Waals surface area contributed by atoms with Crippen molar-refractivity contribution in [2.45, 2.75) is 6.92 Å². The van der Waals surface area contributed by atoms with Crippen LogP contribution in [0.3, 0.4) is 0 Å². The zero-order valence-corrected chi connectivity index (χ0v) is 17.9. The number of carboxylic acids is 1. The summed E-state index contributed by atoms with van der Waals surface area (Å²) in [5, 5.41) is 8.86. The number of hydrogen-bond donors (Lipinski definition) is 1. The van der Waals surface area contributed by atoms with E-state index in [1.165, 1.54) is 12.1 Å². The van der Waals surface area contributed by atoms with Crippen LogP contribution in [0.2, 0.25) is 0 Å². The normalized spacial score (nSPS) is 14.9. The third-order valence-corrected chi connectivity index (χ3v) is 5.76.